The van der Waals surface area contributed by atoms with Crippen LogP contribution in [0.1, 0.15) is 69.3 Å². The van der Waals surface area contributed by atoms with Gasteiger partial charge < -0.3 is 15.6 Å². The highest BCUT2D eigenvalue weighted by Crippen LogP contribution is 2.41. The molecule has 7 nitrogen and oxygen atoms in total. The van der Waals surface area contributed by atoms with Crippen molar-refractivity contribution in [3.05, 3.63) is 41.2 Å². The van der Waals surface area contributed by atoms with Crippen molar-refractivity contribution in [3.63, 3.8) is 0 Å². The Bertz CT molecular complexity index is 1020. The molecule has 0 radical (unpaired) electrons. The zero-order valence-corrected chi connectivity index (χ0v) is 18.6. The van der Waals surface area contributed by atoms with E-state index in [1.807, 2.05) is 20.8 Å². The number of ether oxygens (including phenoxy) is 1. The van der Waals surface area contributed by atoms with Gasteiger partial charge in [0.1, 0.15) is 11.4 Å². The lowest BCUT2D eigenvalue weighted by Gasteiger charge is -2.33. The van der Waals surface area contributed by atoms with Crippen LogP contribution < -0.4 is 10.5 Å². The predicted molar refractivity (Wildman–Crippen MR) is 120 cm³/mol. The van der Waals surface area contributed by atoms with E-state index in [0.717, 1.165) is 37.0 Å². The van der Waals surface area contributed by atoms with Crippen LogP contribution in [0.2, 0.25) is 0 Å². The summed E-state index contributed by atoms with van der Waals surface area (Å²) in [5, 5.41) is 9.27. The van der Waals surface area contributed by atoms with Gasteiger partial charge in [0, 0.05) is 5.56 Å². The van der Waals surface area contributed by atoms with Gasteiger partial charge in [0.05, 0.1) is 11.6 Å². The smallest absolute Gasteiger partial charge is 0.306 e. The van der Waals surface area contributed by atoms with E-state index < -0.39 is 11.6 Å². The highest BCUT2D eigenvalue weighted by atomic mass is 16.5. The van der Waals surface area contributed by atoms with Gasteiger partial charge in [0.2, 0.25) is 5.88 Å². The summed E-state index contributed by atoms with van der Waals surface area (Å²) in [6.45, 7) is 7.55. The number of aromatic nitrogens is 2. The van der Waals surface area contributed by atoms with Gasteiger partial charge in [0.15, 0.2) is 11.5 Å². The van der Waals surface area contributed by atoms with Gasteiger partial charge in [-0.2, -0.15) is 4.98 Å². The topological polar surface area (TPSA) is 111 Å². The van der Waals surface area contributed by atoms with Crippen LogP contribution in [0.25, 0.3) is 0 Å². The number of hydrogen-bond donors (Lipinski definition) is 2. The molecule has 1 aromatic heterocycles. The fraction of sp³-hybridized carbons (Fsp3) is 0.500. The number of aliphatic imine (C=N–C) groups is 1. The maximum atomic E-state index is 11.3. The molecule has 3 N–H and O–H groups in total. The summed E-state index contributed by atoms with van der Waals surface area (Å²) in [5.41, 5.74) is 8.97. The first-order valence-corrected chi connectivity index (χ1v) is 10.9. The highest BCUT2D eigenvalue weighted by molar-refractivity contribution is 6.09. The van der Waals surface area contributed by atoms with Gasteiger partial charge in [-0.15, -0.1) is 0 Å². The lowest BCUT2D eigenvalue weighted by Crippen LogP contribution is -2.41. The lowest BCUT2D eigenvalue weighted by molar-refractivity contribution is -0.143. The highest BCUT2D eigenvalue weighted by Gasteiger charge is 2.35. The molecule has 31 heavy (non-hydrogen) atoms. The Morgan fingerprint density at radius 3 is 2.42 bits per heavy atom. The summed E-state index contributed by atoms with van der Waals surface area (Å²) < 4.78 is 6.14. The number of nitrogen functional groups attached to an aromatic ring is 1. The molecule has 1 aliphatic carbocycles. The van der Waals surface area contributed by atoms with Crippen molar-refractivity contribution in [2.75, 3.05) is 5.73 Å². The quantitative estimate of drug-likeness (QED) is 0.742. The van der Waals surface area contributed by atoms with Gasteiger partial charge in [-0.1, -0.05) is 31.2 Å². The number of carboxylic acids is 1. The Hall–Kier alpha value is -2.96. The van der Waals surface area contributed by atoms with Crippen LogP contribution in [0.4, 0.5) is 11.5 Å². The second-order valence-electron chi connectivity index (χ2n) is 9.24. The fourth-order valence-electron chi connectivity index (χ4n) is 4.75. The van der Waals surface area contributed by atoms with E-state index in [1.165, 1.54) is 5.56 Å². The molecule has 1 aliphatic heterocycles. The molecule has 2 aromatic rings. The molecule has 0 unspecified atom stereocenters. The average molecular weight is 423 g/mol. The van der Waals surface area contributed by atoms with Crippen molar-refractivity contribution >= 4 is 23.2 Å². The number of aliphatic carboxylic acids is 1. The minimum atomic E-state index is -0.686. The molecule has 2 aliphatic rings. The number of nitrogens with zero attached hydrogens (tertiary/aromatic N) is 3. The Balaban J connectivity index is 1.54. The maximum absolute atomic E-state index is 11.3. The number of benzene rings is 1. The van der Waals surface area contributed by atoms with Gasteiger partial charge in [0.25, 0.3) is 0 Å². The summed E-state index contributed by atoms with van der Waals surface area (Å²) >= 11 is 0. The molecule has 4 rings (SSSR count). The van der Waals surface area contributed by atoms with Crippen LogP contribution in [0.15, 0.2) is 29.3 Å². The SMILES string of the molecule is Cc1nc(N)c2c(n1)OC(C)(C)C(c1ccc(C3CCC([C@H](C)C(=O)O)CC3)cc1)=N2. The van der Waals surface area contributed by atoms with Gasteiger partial charge in [-0.25, -0.2) is 9.98 Å². The summed E-state index contributed by atoms with van der Waals surface area (Å²) in [4.78, 5) is 24.6. The van der Waals surface area contributed by atoms with Crippen molar-refractivity contribution in [2.24, 2.45) is 16.8 Å². The second kappa shape index (κ2) is 7.94. The van der Waals surface area contributed by atoms with Crippen molar-refractivity contribution < 1.29 is 14.6 Å². The molecule has 164 valence electrons. The molecular formula is C24H30N4O3. The molecule has 7 heteroatoms. The van der Waals surface area contributed by atoms with E-state index in [9.17, 15) is 9.90 Å². The monoisotopic (exact) mass is 422 g/mol. The molecular weight excluding hydrogens is 392 g/mol. The van der Waals surface area contributed by atoms with Crippen LogP contribution >= 0.6 is 0 Å². The van der Waals surface area contributed by atoms with Crippen molar-refractivity contribution in [3.8, 4) is 5.88 Å². The third-order valence-corrected chi connectivity index (χ3v) is 6.66. The Kier molecular flexibility index (Phi) is 5.45. The number of carboxylic acid groups (broad SMARTS) is 1. The van der Waals surface area contributed by atoms with Crippen LogP contribution in [0.3, 0.4) is 0 Å². The molecule has 0 bridgehead atoms. The minimum Gasteiger partial charge on any atom is -0.481 e. The van der Waals surface area contributed by atoms with Crippen LogP contribution in [-0.4, -0.2) is 32.4 Å². The normalized spacial score (nSPS) is 23.3. The van der Waals surface area contributed by atoms with Crippen molar-refractivity contribution in [1.29, 1.82) is 0 Å². The van der Waals surface area contributed by atoms with Crippen LogP contribution in [0.5, 0.6) is 5.88 Å². The van der Waals surface area contributed by atoms with E-state index in [1.54, 1.807) is 6.92 Å². The number of hydrogen-bond acceptors (Lipinski definition) is 6. The average Bonchev–Trinajstić information content (AvgIpc) is 2.72. The number of rotatable bonds is 4. The number of fused-ring (bicyclic) bond motifs is 1. The fourth-order valence-corrected chi connectivity index (χ4v) is 4.75. The summed E-state index contributed by atoms with van der Waals surface area (Å²) in [5.74, 6) is 1.09. The largest absolute Gasteiger partial charge is 0.481 e. The summed E-state index contributed by atoms with van der Waals surface area (Å²) in [6, 6.07) is 8.48. The summed E-state index contributed by atoms with van der Waals surface area (Å²) in [6.07, 6.45) is 3.97. The molecule has 0 saturated heterocycles. The first kappa shape index (κ1) is 21.3. The second-order valence-corrected chi connectivity index (χ2v) is 9.24. The van der Waals surface area contributed by atoms with E-state index >= 15 is 0 Å². The molecule has 1 saturated carbocycles. The Morgan fingerprint density at radius 2 is 1.81 bits per heavy atom. The zero-order valence-electron chi connectivity index (χ0n) is 18.6. The van der Waals surface area contributed by atoms with E-state index in [0.29, 0.717) is 29.1 Å². The number of carbonyl (C=O) groups is 1. The molecule has 2 heterocycles. The van der Waals surface area contributed by atoms with E-state index in [-0.39, 0.29) is 11.8 Å². The molecule has 1 fully saturated rings. The van der Waals surface area contributed by atoms with Crippen LogP contribution in [-0.2, 0) is 4.79 Å². The van der Waals surface area contributed by atoms with Gasteiger partial charge >= 0.3 is 5.97 Å². The third kappa shape index (κ3) is 4.13. The van der Waals surface area contributed by atoms with Gasteiger partial charge in [-0.05, 0) is 63.9 Å². The summed E-state index contributed by atoms with van der Waals surface area (Å²) in [7, 11) is 0. The molecule has 0 amide bonds. The first-order chi connectivity index (χ1) is 14.7. The van der Waals surface area contributed by atoms with E-state index in [2.05, 4.69) is 34.2 Å². The standard InChI is InChI=1S/C24H30N4O3/c1-13(23(29)30)15-5-7-16(8-6-15)17-9-11-18(12-10-17)20-24(3,4)31-22-19(28-20)21(25)26-14(2)27-22/h9-13,15-16H,5-8H2,1-4H3,(H,29,30)(H2,25,26,27)/t13-,15?,16?/m0/s1. The molecule has 1 atom stereocenters. The third-order valence-electron chi connectivity index (χ3n) is 6.66. The van der Waals surface area contributed by atoms with Crippen molar-refractivity contribution in [2.45, 2.75) is 64.9 Å². The molecule has 1 aromatic carbocycles. The van der Waals surface area contributed by atoms with Gasteiger partial charge in [-0.3, -0.25) is 4.79 Å². The lowest BCUT2D eigenvalue weighted by atomic mass is 9.74. The minimum absolute atomic E-state index is 0.266. The number of aryl methyl sites for hydroxylation is 1. The maximum Gasteiger partial charge on any atom is 0.306 e. The van der Waals surface area contributed by atoms with E-state index in [4.69, 9.17) is 15.5 Å². The Morgan fingerprint density at radius 1 is 1.16 bits per heavy atom. The Labute approximate surface area is 182 Å². The molecule has 0 spiro atoms. The first-order valence-electron chi connectivity index (χ1n) is 10.9. The number of nitrogens with two attached hydrogens (primary N) is 1. The number of anilines is 1. The predicted octanol–water partition coefficient (Wildman–Crippen LogP) is 4.65. The zero-order chi connectivity index (χ0) is 22.3. The van der Waals surface area contributed by atoms with Crippen molar-refractivity contribution in [1.82, 2.24) is 9.97 Å². The van der Waals surface area contributed by atoms with Crippen LogP contribution in [0, 0.1) is 18.8 Å².